The molecule has 1 amide bonds. The maximum atomic E-state index is 12.5. The normalized spacial score (nSPS) is 16.5. The average molecular weight is 463 g/mol. The van der Waals surface area contributed by atoms with Crippen LogP contribution in [0.4, 0.5) is 0 Å². The monoisotopic (exact) mass is 462 g/mol. The molecule has 0 unspecified atom stereocenters. The molecule has 3 aromatic rings. The van der Waals surface area contributed by atoms with Gasteiger partial charge in [0, 0.05) is 36.1 Å². The van der Waals surface area contributed by atoms with E-state index in [1.165, 1.54) is 24.8 Å². The summed E-state index contributed by atoms with van der Waals surface area (Å²) >= 11 is 0. The van der Waals surface area contributed by atoms with Crippen molar-refractivity contribution in [3.05, 3.63) is 53.1 Å². The predicted molar refractivity (Wildman–Crippen MR) is 129 cm³/mol. The van der Waals surface area contributed by atoms with E-state index in [0.717, 1.165) is 40.6 Å². The average Bonchev–Trinajstić information content (AvgIpc) is 3.17. The third-order valence-electron chi connectivity index (χ3n) is 7.37. The zero-order chi connectivity index (χ0) is 23.8. The van der Waals surface area contributed by atoms with E-state index in [2.05, 4.69) is 10.6 Å². The molecule has 1 aromatic heterocycles. The molecule has 0 radical (unpaired) electrons. The van der Waals surface area contributed by atoms with Crippen molar-refractivity contribution in [2.45, 2.75) is 51.1 Å². The highest BCUT2D eigenvalue weighted by atomic mass is 16.5. The van der Waals surface area contributed by atoms with Crippen molar-refractivity contribution in [2.75, 3.05) is 20.3 Å². The molecule has 2 aromatic carbocycles. The first-order valence-electron chi connectivity index (χ1n) is 12.0. The van der Waals surface area contributed by atoms with E-state index in [0.29, 0.717) is 31.3 Å². The van der Waals surface area contributed by atoms with Crippen LogP contribution >= 0.6 is 0 Å². The molecule has 178 valence electrons. The van der Waals surface area contributed by atoms with E-state index in [4.69, 9.17) is 4.74 Å². The zero-order valence-corrected chi connectivity index (χ0v) is 19.4. The van der Waals surface area contributed by atoms with Crippen LogP contribution in [0.5, 0.6) is 5.75 Å². The summed E-state index contributed by atoms with van der Waals surface area (Å²) in [6.07, 6.45) is 5.87. The molecular weight excluding hydrogens is 432 g/mol. The number of methoxy groups -OCH3 is 1. The number of nitrogens with zero attached hydrogens (tertiary/aromatic N) is 2. The Morgan fingerprint density at radius 1 is 1.06 bits per heavy atom. The number of hydrogen-bond donors (Lipinski definition) is 2. The number of carbonyl (C=O) groups excluding carboxylic acids is 1. The van der Waals surface area contributed by atoms with E-state index < -0.39 is 12.6 Å². The minimum absolute atomic E-state index is 0.253. The summed E-state index contributed by atoms with van der Waals surface area (Å²) in [4.78, 5) is 26.0. The quantitative estimate of drug-likeness (QED) is 0.600. The molecular formula is C27H30N2O5. The van der Waals surface area contributed by atoms with Gasteiger partial charge in [0.15, 0.2) is 0 Å². The first-order valence-corrected chi connectivity index (χ1v) is 12.0. The lowest BCUT2D eigenvalue weighted by molar-refractivity contribution is -0.135. The van der Waals surface area contributed by atoms with Gasteiger partial charge in [-0.25, -0.2) is 4.79 Å². The Kier molecular flexibility index (Phi) is 6.04. The van der Waals surface area contributed by atoms with Gasteiger partial charge in [0.2, 0.25) is 5.91 Å². The van der Waals surface area contributed by atoms with Crippen LogP contribution in [0.3, 0.4) is 0 Å². The van der Waals surface area contributed by atoms with Crippen LogP contribution in [0.25, 0.3) is 22.2 Å². The number of aliphatic hydroxyl groups is 1. The first-order chi connectivity index (χ1) is 16.5. The van der Waals surface area contributed by atoms with Crippen LogP contribution in [0.1, 0.15) is 59.5 Å². The number of fused-ring (bicyclic) bond motifs is 5. The minimum atomic E-state index is -0.954. The number of aliphatic hydroxyl groups excluding tert-OH is 1. The van der Waals surface area contributed by atoms with Gasteiger partial charge in [-0.3, -0.25) is 4.79 Å². The Balaban J connectivity index is 1.80. The minimum Gasteiger partial charge on any atom is -0.497 e. The van der Waals surface area contributed by atoms with E-state index in [1.807, 2.05) is 18.2 Å². The molecule has 34 heavy (non-hydrogen) atoms. The molecule has 2 N–H and O–H groups in total. The van der Waals surface area contributed by atoms with Gasteiger partial charge in [0.25, 0.3) is 0 Å². The zero-order valence-electron chi connectivity index (χ0n) is 19.4. The van der Waals surface area contributed by atoms with E-state index in [1.54, 1.807) is 24.1 Å². The number of carboxylic acid groups (broad SMARTS) is 1. The fourth-order valence-corrected chi connectivity index (χ4v) is 5.71. The van der Waals surface area contributed by atoms with E-state index in [9.17, 15) is 19.8 Å². The maximum absolute atomic E-state index is 12.5. The largest absolute Gasteiger partial charge is 0.497 e. The molecule has 0 saturated heterocycles. The molecule has 1 fully saturated rings. The van der Waals surface area contributed by atoms with Gasteiger partial charge in [0.1, 0.15) is 12.4 Å². The number of amides is 1. The number of aromatic nitrogens is 1. The third kappa shape index (κ3) is 3.84. The predicted octanol–water partition coefficient (Wildman–Crippen LogP) is 4.40. The highest BCUT2D eigenvalue weighted by molar-refractivity contribution is 5.98. The number of hydrogen-bond acceptors (Lipinski definition) is 4. The first kappa shape index (κ1) is 22.5. The summed E-state index contributed by atoms with van der Waals surface area (Å²) in [5, 5.41) is 20.3. The smallest absolute Gasteiger partial charge is 0.335 e. The molecule has 2 heterocycles. The standard InChI is InChI=1S/C27H30N2O5/c1-34-20-8-10-21-19(13-20)15-28(24(31)16-30)11-12-29-23-14-18(27(32)33)7-9-22(23)25(26(21)29)17-5-3-2-4-6-17/h7-10,13-14,17,30H,2-6,11-12,15-16H2,1H3,(H,32,33). The lowest BCUT2D eigenvalue weighted by Gasteiger charge is -2.29. The Hall–Kier alpha value is -3.32. The van der Waals surface area contributed by atoms with Crippen LogP contribution in [0.15, 0.2) is 36.4 Å². The van der Waals surface area contributed by atoms with Gasteiger partial charge in [-0.15, -0.1) is 0 Å². The highest BCUT2D eigenvalue weighted by Gasteiger charge is 2.30. The number of carbonyl (C=O) groups is 2. The van der Waals surface area contributed by atoms with Crippen LogP contribution in [-0.4, -0.2) is 51.8 Å². The van der Waals surface area contributed by atoms with E-state index >= 15 is 0 Å². The van der Waals surface area contributed by atoms with Gasteiger partial charge in [-0.2, -0.15) is 0 Å². The van der Waals surface area contributed by atoms with Crippen LogP contribution < -0.4 is 4.74 Å². The summed E-state index contributed by atoms with van der Waals surface area (Å²) in [5.74, 6) is -0.157. The van der Waals surface area contributed by atoms with Crippen molar-refractivity contribution in [1.29, 1.82) is 0 Å². The third-order valence-corrected chi connectivity index (χ3v) is 7.37. The van der Waals surface area contributed by atoms with E-state index in [-0.39, 0.29) is 11.5 Å². The number of ether oxygens (including phenoxy) is 1. The summed E-state index contributed by atoms with van der Waals surface area (Å²) in [5.41, 5.74) is 5.54. The van der Waals surface area contributed by atoms with Crippen LogP contribution in [-0.2, 0) is 17.9 Å². The molecule has 2 aliphatic rings. The molecule has 7 heteroatoms. The topological polar surface area (TPSA) is 92.0 Å². The Bertz CT molecular complexity index is 1260. The summed E-state index contributed by atoms with van der Waals surface area (Å²) in [6.45, 7) is 0.792. The van der Waals surface area contributed by atoms with Gasteiger partial charge in [-0.05, 0) is 60.2 Å². The Morgan fingerprint density at radius 2 is 1.85 bits per heavy atom. The van der Waals surface area contributed by atoms with Crippen LogP contribution in [0.2, 0.25) is 0 Å². The SMILES string of the molecule is COc1ccc2c(c1)CN(C(=O)CO)CCn1c-2c(C2CCCCC2)c2ccc(C(=O)O)cc21. The van der Waals surface area contributed by atoms with Crippen molar-refractivity contribution in [3.63, 3.8) is 0 Å². The fourth-order valence-electron chi connectivity index (χ4n) is 5.71. The molecule has 7 nitrogen and oxygen atoms in total. The molecule has 0 bridgehead atoms. The number of aromatic carboxylic acids is 1. The lowest BCUT2D eigenvalue weighted by atomic mass is 9.81. The van der Waals surface area contributed by atoms with Crippen molar-refractivity contribution in [3.8, 4) is 17.0 Å². The van der Waals surface area contributed by atoms with Gasteiger partial charge in [-0.1, -0.05) is 25.3 Å². The highest BCUT2D eigenvalue weighted by Crippen LogP contribution is 2.46. The van der Waals surface area contributed by atoms with Crippen molar-refractivity contribution < 1.29 is 24.5 Å². The maximum Gasteiger partial charge on any atom is 0.335 e. The number of benzene rings is 2. The second kappa shape index (κ2) is 9.14. The van der Waals surface area contributed by atoms with Gasteiger partial charge < -0.3 is 24.4 Å². The number of carboxylic acids is 1. The Labute approximate surface area is 198 Å². The van der Waals surface area contributed by atoms with Crippen molar-refractivity contribution in [1.82, 2.24) is 9.47 Å². The molecule has 1 aliphatic heterocycles. The Morgan fingerprint density at radius 3 is 2.56 bits per heavy atom. The molecule has 1 saturated carbocycles. The van der Waals surface area contributed by atoms with Crippen molar-refractivity contribution in [2.24, 2.45) is 0 Å². The molecule has 0 atom stereocenters. The van der Waals surface area contributed by atoms with Crippen LogP contribution in [0, 0.1) is 0 Å². The molecule has 5 rings (SSSR count). The van der Waals surface area contributed by atoms with Gasteiger partial charge in [0.05, 0.1) is 18.4 Å². The molecule has 0 spiro atoms. The second-order valence-electron chi connectivity index (χ2n) is 9.28. The summed E-state index contributed by atoms with van der Waals surface area (Å²) < 4.78 is 7.67. The fraction of sp³-hybridized carbons (Fsp3) is 0.407. The molecule has 1 aliphatic carbocycles. The lowest BCUT2D eigenvalue weighted by Crippen LogP contribution is -2.36. The second-order valence-corrected chi connectivity index (χ2v) is 9.28. The number of rotatable bonds is 4. The summed E-state index contributed by atoms with van der Waals surface area (Å²) in [6, 6.07) is 11.4. The summed E-state index contributed by atoms with van der Waals surface area (Å²) in [7, 11) is 1.62. The van der Waals surface area contributed by atoms with Gasteiger partial charge >= 0.3 is 5.97 Å². The van der Waals surface area contributed by atoms with Crippen molar-refractivity contribution >= 4 is 22.8 Å².